The van der Waals surface area contributed by atoms with E-state index in [1.807, 2.05) is 18.2 Å². The van der Waals surface area contributed by atoms with Crippen molar-refractivity contribution in [1.29, 1.82) is 0 Å². The number of nitrogens with zero attached hydrogens (tertiary/aromatic N) is 2. The zero-order valence-corrected chi connectivity index (χ0v) is 14.7. The van der Waals surface area contributed by atoms with Crippen molar-refractivity contribution >= 4 is 11.8 Å². The second kappa shape index (κ2) is 8.08. The van der Waals surface area contributed by atoms with Gasteiger partial charge in [0.25, 0.3) is 0 Å². The summed E-state index contributed by atoms with van der Waals surface area (Å²) in [5.41, 5.74) is 1.98. The molecule has 1 fully saturated rings. The van der Waals surface area contributed by atoms with Crippen LogP contribution in [0.2, 0.25) is 0 Å². The van der Waals surface area contributed by atoms with Crippen molar-refractivity contribution in [1.82, 2.24) is 15.2 Å². The maximum Gasteiger partial charge on any atom is 0.227 e. The molecule has 2 aromatic rings. The van der Waals surface area contributed by atoms with E-state index in [1.165, 1.54) is 13.0 Å². The first-order valence-corrected chi connectivity index (χ1v) is 8.77. The van der Waals surface area contributed by atoms with Crippen LogP contribution in [0.15, 0.2) is 42.5 Å². The molecule has 0 radical (unpaired) electrons. The molecule has 1 saturated heterocycles. The van der Waals surface area contributed by atoms with E-state index < -0.39 is 0 Å². The molecule has 1 atom stereocenters. The molecule has 0 aliphatic carbocycles. The van der Waals surface area contributed by atoms with Crippen LogP contribution >= 0.6 is 0 Å². The van der Waals surface area contributed by atoms with E-state index >= 15 is 0 Å². The monoisotopic (exact) mass is 355 g/mol. The van der Waals surface area contributed by atoms with E-state index in [9.17, 15) is 14.0 Å². The van der Waals surface area contributed by atoms with Gasteiger partial charge < -0.3 is 10.2 Å². The lowest BCUT2D eigenvalue weighted by atomic mass is 10.1. The molecular weight excluding hydrogens is 333 g/mol. The lowest BCUT2D eigenvalue weighted by Crippen LogP contribution is -2.32. The fraction of sp³-hybridized carbons (Fsp3) is 0.350. The minimum atomic E-state index is -0.355. The normalized spacial score (nSPS) is 16.5. The molecule has 0 spiro atoms. The van der Waals surface area contributed by atoms with E-state index in [0.717, 1.165) is 24.2 Å². The van der Waals surface area contributed by atoms with Crippen LogP contribution in [0, 0.1) is 5.82 Å². The lowest BCUT2D eigenvalue weighted by molar-refractivity contribution is -0.131. The SMILES string of the molecule is CC(=O)NCc1cccc(C2CCCN2C(=O)Cc2ccccc2F)n1. The first-order valence-electron chi connectivity index (χ1n) is 8.77. The maximum atomic E-state index is 13.8. The fourth-order valence-electron chi connectivity index (χ4n) is 3.28. The zero-order valence-electron chi connectivity index (χ0n) is 14.7. The van der Waals surface area contributed by atoms with Gasteiger partial charge in [0, 0.05) is 13.5 Å². The lowest BCUT2D eigenvalue weighted by Gasteiger charge is -2.25. The highest BCUT2D eigenvalue weighted by Gasteiger charge is 2.31. The second-order valence-corrected chi connectivity index (χ2v) is 6.48. The standard InChI is InChI=1S/C20H22FN3O2/c1-14(25)22-13-16-7-4-9-18(23-16)19-10-5-11-24(19)20(26)12-15-6-2-3-8-17(15)21/h2-4,6-9,19H,5,10-13H2,1H3,(H,22,25). The average Bonchev–Trinajstić information content (AvgIpc) is 3.12. The average molecular weight is 355 g/mol. The number of hydrogen-bond acceptors (Lipinski definition) is 3. The molecule has 2 amide bonds. The quantitative estimate of drug-likeness (QED) is 0.897. The van der Waals surface area contributed by atoms with Crippen LogP contribution in [0.25, 0.3) is 0 Å². The number of nitrogens with one attached hydrogen (secondary N) is 1. The molecular formula is C20H22FN3O2. The molecule has 6 heteroatoms. The number of carbonyl (C=O) groups is 2. The van der Waals surface area contributed by atoms with E-state index in [2.05, 4.69) is 10.3 Å². The van der Waals surface area contributed by atoms with Gasteiger partial charge in [-0.05, 0) is 36.6 Å². The number of rotatable bonds is 5. The van der Waals surface area contributed by atoms with E-state index in [-0.39, 0.29) is 30.1 Å². The zero-order chi connectivity index (χ0) is 18.5. The first-order chi connectivity index (χ1) is 12.5. The van der Waals surface area contributed by atoms with E-state index in [1.54, 1.807) is 23.1 Å². The van der Waals surface area contributed by atoms with Crippen LogP contribution in [0.4, 0.5) is 4.39 Å². The van der Waals surface area contributed by atoms with Gasteiger partial charge in [-0.1, -0.05) is 24.3 Å². The molecule has 2 heterocycles. The van der Waals surface area contributed by atoms with Crippen LogP contribution in [0.3, 0.4) is 0 Å². The summed E-state index contributed by atoms with van der Waals surface area (Å²) in [4.78, 5) is 30.2. The fourth-order valence-corrected chi connectivity index (χ4v) is 3.28. The van der Waals surface area contributed by atoms with Gasteiger partial charge in [0.2, 0.25) is 11.8 Å². The van der Waals surface area contributed by atoms with Gasteiger partial charge in [-0.2, -0.15) is 0 Å². The Morgan fingerprint density at radius 1 is 1.23 bits per heavy atom. The third-order valence-electron chi connectivity index (χ3n) is 4.56. The van der Waals surface area contributed by atoms with Crippen molar-refractivity contribution in [2.45, 2.75) is 38.8 Å². The number of amides is 2. The highest BCUT2D eigenvalue weighted by molar-refractivity contribution is 5.79. The topological polar surface area (TPSA) is 62.3 Å². The highest BCUT2D eigenvalue weighted by Crippen LogP contribution is 2.31. The Kier molecular flexibility index (Phi) is 5.61. The van der Waals surface area contributed by atoms with Gasteiger partial charge in [0.15, 0.2) is 0 Å². The molecule has 136 valence electrons. The Hall–Kier alpha value is -2.76. The van der Waals surface area contributed by atoms with Crippen molar-refractivity contribution in [2.75, 3.05) is 6.54 Å². The summed E-state index contributed by atoms with van der Waals surface area (Å²) in [5.74, 6) is -0.557. The van der Waals surface area contributed by atoms with Gasteiger partial charge in [-0.15, -0.1) is 0 Å². The third kappa shape index (κ3) is 4.25. The Labute approximate surface area is 152 Å². The van der Waals surface area contributed by atoms with Crippen LogP contribution in [-0.2, 0) is 22.6 Å². The van der Waals surface area contributed by atoms with E-state index in [4.69, 9.17) is 0 Å². The van der Waals surface area contributed by atoms with Crippen molar-refractivity contribution in [3.05, 3.63) is 65.2 Å². The number of halogens is 1. The van der Waals surface area contributed by atoms with E-state index in [0.29, 0.717) is 18.7 Å². The number of hydrogen-bond donors (Lipinski definition) is 1. The predicted octanol–water partition coefficient (Wildman–Crippen LogP) is 2.76. The minimum Gasteiger partial charge on any atom is -0.351 e. The molecule has 1 aliphatic rings. The van der Waals surface area contributed by atoms with Crippen LogP contribution in [-0.4, -0.2) is 28.2 Å². The number of pyridine rings is 1. The van der Waals surface area contributed by atoms with Gasteiger partial charge in [-0.3, -0.25) is 14.6 Å². The van der Waals surface area contributed by atoms with Crippen LogP contribution in [0.1, 0.15) is 42.8 Å². The van der Waals surface area contributed by atoms with Gasteiger partial charge in [0.1, 0.15) is 5.82 Å². The van der Waals surface area contributed by atoms with Crippen molar-refractivity contribution in [3.63, 3.8) is 0 Å². The van der Waals surface area contributed by atoms with Gasteiger partial charge >= 0.3 is 0 Å². The van der Waals surface area contributed by atoms with Crippen molar-refractivity contribution < 1.29 is 14.0 Å². The summed E-state index contributed by atoms with van der Waals surface area (Å²) >= 11 is 0. The molecule has 1 N–H and O–H groups in total. The summed E-state index contributed by atoms with van der Waals surface area (Å²) in [7, 11) is 0. The Morgan fingerprint density at radius 2 is 2.04 bits per heavy atom. The minimum absolute atomic E-state index is 0.0504. The molecule has 1 aromatic heterocycles. The molecule has 1 unspecified atom stereocenters. The molecule has 1 aliphatic heterocycles. The summed E-state index contributed by atoms with van der Waals surface area (Å²) in [6, 6.07) is 11.9. The number of carbonyl (C=O) groups excluding carboxylic acids is 2. The molecule has 1 aromatic carbocycles. The Bertz CT molecular complexity index is 809. The summed E-state index contributed by atoms with van der Waals surface area (Å²) in [5, 5.41) is 2.73. The summed E-state index contributed by atoms with van der Waals surface area (Å²) < 4.78 is 13.8. The Balaban J connectivity index is 1.73. The molecule has 5 nitrogen and oxygen atoms in total. The second-order valence-electron chi connectivity index (χ2n) is 6.48. The largest absolute Gasteiger partial charge is 0.351 e. The number of benzene rings is 1. The highest BCUT2D eigenvalue weighted by atomic mass is 19.1. The number of aromatic nitrogens is 1. The first kappa shape index (κ1) is 18.0. The number of likely N-dealkylation sites (tertiary alicyclic amines) is 1. The molecule has 3 rings (SSSR count). The third-order valence-corrected chi connectivity index (χ3v) is 4.56. The predicted molar refractivity (Wildman–Crippen MR) is 95.5 cm³/mol. The smallest absolute Gasteiger partial charge is 0.227 e. The summed E-state index contributed by atoms with van der Waals surface area (Å²) in [6.07, 6.45) is 1.78. The van der Waals surface area contributed by atoms with Gasteiger partial charge in [-0.25, -0.2) is 4.39 Å². The molecule has 0 bridgehead atoms. The maximum absolute atomic E-state index is 13.8. The van der Waals surface area contributed by atoms with Crippen molar-refractivity contribution in [2.24, 2.45) is 0 Å². The van der Waals surface area contributed by atoms with Gasteiger partial charge in [0.05, 0.1) is 30.4 Å². The Morgan fingerprint density at radius 3 is 2.81 bits per heavy atom. The van der Waals surface area contributed by atoms with Crippen LogP contribution < -0.4 is 5.32 Å². The van der Waals surface area contributed by atoms with Crippen LogP contribution in [0.5, 0.6) is 0 Å². The molecule has 0 saturated carbocycles. The molecule has 26 heavy (non-hydrogen) atoms. The summed E-state index contributed by atoms with van der Waals surface area (Å²) in [6.45, 7) is 2.47. The van der Waals surface area contributed by atoms with Crippen molar-refractivity contribution in [3.8, 4) is 0 Å².